The maximum Gasteiger partial charge on any atom is 0.246 e. The van der Waals surface area contributed by atoms with Crippen molar-refractivity contribution in [1.82, 2.24) is 46.4 Å². The third kappa shape index (κ3) is 13.2. The van der Waals surface area contributed by atoms with Crippen LogP contribution in [0.25, 0.3) is 11.1 Å². The van der Waals surface area contributed by atoms with Gasteiger partial charge in [-0.25, -0.2) is 12.7 Å². The van der Waals surface area contributed by atoms with Gasteiger partial charge in [0.1, 0.15) is 17.6 Å². The minimum absolute atomic E-state index is 0.0379. The molecule has 1 aliphatic carbocycles. The number of nitrogens with zero attached hydrogens (tertiary/aromatic N) is 2. The number of amides is 6. The molecule has 0 spiro atoms. The summed E-state index contributed by atoms with van der Waals surface area (Å²) in [6.45, 7) is 8.30. The number of carbonyl (C=O) groups excluding carboxylic acids is 6. The van der Waals surface area contributed by atoms with Crippen LogP contribution in [0.4, 0.5) is 0 Å². The van der Waals surface area contributed by atoms with Crippen LogP contribution in [0.1, 0.15) is 80.5 Å². The Bertz CT molecular complexity index is 2630. The lowest BCUT2D eigenvalue weighted by Gasteiger charge is -2.35. The molecule has 0 radical (unpaired) electrons. The molecular weight excluding hydrogens is 979 g/mol. The SMILES string of the molecule is CC1NCSC1c1ccc(CNC(=O)[C@@H]2C[C@@H](O)CN2C(=O)[C@@H](NC(=O)C2CC2C(=O)NCc2cccc(-c3cccc(C4CSC(NC(=O)CNC(=O)C5CCN(S(C)(=O)=O)C5)N4)c3)c2)C(C)(C)C)cc1. The molecule has 3 aromatic carbocycles. The molecule has 388 valence electrons. The normalized spacial score (nSPS) is 26.7. The first-order valence-electron chi connectivity index (χ1n) is 24.6. The zero-order valence-corrected chi connectivity index (χ0v) is 43.8. The number of aliphatic hydroxyl groups excluding tert-OH is 1. The molecule has 18 nitrogen and oxygen atoms in total. The average Bonchev–Trinajstić information content (AvgIpc) is 3.79. The fraction of sp³-hybridized carbons (Fsp3) is 0.529. The molecule has 21 heteroatoms. The van der Waals surface area contributed by atoms with Gasteiger partial charge in [0.25, 0.3) is 0 Å². The zero-order chi connectivity index (χ0) is 51.5. The van der Waals surface area contributed by atoms with E-state index in [1.54, 1.807) is 0 Å². The van der Waals surface area contributed by atoms with Crippen molar-refractivity contribution in [2.45, 2.75) is 101 Å². The molecule has 7 unspecified atom stereocenters. The number of sulfonamides is 1. The highest BCUT2D eigenvalue weighted by molar-refractivity contribution is 8.00. The number of benzene rings is 3. The van der Waals surface area contributed by atoms with Crippen LogP contribution >= 0.6 is 23.5 Å². The second-order valence-electron chi connectivity index (χ2n) is 20.7. The summed E-state index contributed by atoms with van der Waals surface area (Å²) in [4.78, 5) is 81.6. The van der Waals surface area contributed by atoms with Crippen LogP contribution in [0, 0.1) is 23.2 Å². The highest BCUT2D eigenvalue weighted by Gasteiger charge is 2.51. The third-order valence-electron chi connectivity index (χ3n) is 14.1. The van der Waals surface area contributed by atoms with Gasteiger partial charge < -0.3 is 41.9 Å². The van der Waals surface area contributed by atoms with Crippen molar-refractivity contribution in [2.24, 2.45) is 23.2 Å². The summed E-state index contributed by atoms with van der Waals surface area (Å²) >= 11 is 3.40. The smallest absolute Gasteiger partial charge is 0.246 e. The van der Waals surface area contributed by atoms with Gasteiger partial charge in [-0.05, 0) is 70.7 Å². The first-order chi connectivity index (χ1) is 34.2. The first kappa shape index (κ1) is 53.3. The van der Waals surface area contributed by atoms with Gasteiger partial charge in [0.2, 0.25) is 45.5 Å². The van der Waals surface area contributed by atoms with Gasteiger partial charge in [-0.2, -0.15) is 0 Å². The molecule has 3 aromatic rings. The molecule has 4 aliphatic heterocycles. The van der Waals surface area contributed by atoms with E-state index < -0.39 is 63.2 Å². The predicted molar refractivity (Wildman–Crippen MR) is 277 cm³/mol. The Kier molecular flexibility index (Phi) is 16.7. The molecule has 6 amide bonds. The predicted octanol–water partition coefficient (Wildman–Crippen LogP) is 2.31. The Labute approximate surface area is 430 Å². The molecule has 8 N–H and O–H groups in total. The molecule has 72 heavy (non-hydrogen) atoms. The Balaban J connectivity index is 0.788. The van der Waals surface area contributed by atoms with Crippen LogP contribution in [-0.2, 0) is 51.9 Å². The van der Waals surface area contributed by atoms with Gasteiger partial charge in [-0.1, -0.05) is 81.4 Å². The molecular formula is C51H67N9O9S3. The van der Waals surface area contributed by atoms with Crippen LogP contribution in [-0.4, -0.2) is 132 Å². The number of nitrogens with one attached hydrogen (secondary N) is 7. The number of β-amino-alcohol motifs (C(OH)–C–C–N with tert-alkyl or cyclic N) is 1. The van der Waals surface area contributed by atoms with Crippen molar-refractivity contribution in [3.05, 3.63) is 95.1 Å². The number of carbonyl (C=O) groups is 6. The number of aliphatic hydroxyl groups is 1. The van der Waals surface area contributed by atoms with Crippen molar-refractivity contribution in [3.8, 4) is 11.1 Å². The lowest BCUT2D eigenvalue weighted by molar-refractivity contribution is -0.144. The van der Waals surface area contributed by atoms with E-state index in [-0.39, 0.29) is 80.9 Å². The van der Waals surface area contributed by atoms with E-state index in [2.05, 4.69) is 62.3 Å². The highest BCUT2D eigenvalue weighted by atomic mass is 32.2. The summed E-state index contributed by atoms with van der Waals surface area (Å²) in [6, 6.07) is 22.4. The highest BCUT2D eigenvalue weighted by Crippen LogP contribution is 2.40. The van der Waals surface area contributed by atoms with E-state index in [0.717, 1.165) is 39.9 Å². The van der Waals surface area contributed by atoms with Crippen LogP contribution in [0.3, 0.4) is 0 Å². The Morgan fingerprint density at radius 1 is 0.806 bits per heavy atom. The first-order valence-corrected chi connectivity index (χ1v) is 28.5. The molecule has 5 aliphatic rings. The van der Waals surface area contributed by atoms with Crippen LogP contribution < -0.4 is 37.2 Å². The summed E-state index contributed by atoms with van der Waals surface area (Å²) < 4.78 is 24.9. The second-order valence-corrected chi connectivity index (χ2v) is 25.0. The summed E-state index contributed by atoms with van der Waals surface area (Å²) in [5.41, 5.74) is 4.82. The van der Waals surface area contributed by atoms with Gasteiger partial charge >= 0.3 is 0 Å². The quantitative estimate of drug-likeness (QED) is 0.0969. The minimum Gasteiger partial charge on any atom is -0.391 e. The summed E-state index contributed by atoms with van der Waals surface area (Å²) in [7, 11) is -3.38. The van der Waals surface area contributed by atoms with Gasteiger partial charge in [0, 0.05) is 68.1 Å². The molecule has 10 atom stereocenters. The van der Waals surface area contributed by atoms with Crippen molar-refractivity contribution >= 4 is 69.0 Å². The van der Waals surface area contributed by atoms with E-state index >= 15 is 0 Å². The lowest BCUT2D eigenvalue weighted by atomic mass is 9.85. The van der Waals surface area contributed by atoms with E-state index in [1.165, 1.54) is 26.5 Å². The van der Waals surface area contributed by atoms with Crippen molar-refractivity contribution in [1.29, 1.82) is 0 Å². The molecule has 4 heterocycles. The van der Waals surface area contributed by atoms with Gasteiger partial charge in [-0.3, -0.25) is 34.1 Å². The van der Waals surface area contributed by atoms with Gasteiger partial charge in [0.05, 0.1) is 36.7 Å². The summed E-state index contributed by atoms with van der Waals surface area (Å²) in [5, 5.41) is 32.3. The van der Waals surface area contributed by atoms with Crippen LogP contribution in [0.5, 0.6) is 0 Å². The van der Waals surface area contributed by atoms with E-state index in [4.69, 9.17) is 0 Å². The fourth-order valence-corrected chi connectivity index (χ4v) is 13.1. The number of rotatable bonds is 17. The Morgan fingerprint density at radius 3 is 2.19 bits per heavy atom. The number of hydrogen-bond acceptors (Lipinski definition) is 13. The largest absolute Gasteiger partial charge is 0.391 e. The van der Waals surface area contributed by atoms with Crippen LogP contribution in [0.2, 0.25) is 0 Å². The van der Waals surface area contributed by atoms with E-state index in [9.17, 15) is 42.3 Å². The standard InChI is InChI=1S/C51H67N9O9S3/c1-29-43(71-28-55-29)32-14-12-30(13-15-32)22-53-48(66)41-20-37(61)26-60(41)49(67)44(51(2,3)4)58-47(65)39-21-38(39)46(64)52-23-31-8-6-9-33(18-31)34-10-7-11-35(19-34)40-27-70-50(56-40)57-42(62)24-54-45(63)36-16-17-59(25-36)72(5,68)69/h6-15,18-19,29,36-41,43-44,50,55-56,61H,16-17,20-28H2,1-5H3,(H,52,64)(H,53,66)(H,54,63)(H,57,62)(H,58,65)/t29?,36?,37-,38?,39?,40?,41+,43?,44-,50?/m1/s1. The number of hydrogen-bond donors (Lipinski definition) is 8. The molecule has 0 aromatic heterocycles. The minimum atomic E-state index is -3.38. The molecule has 4 saturated heterocycles. The third-order valence-corrected chi connectivity index (χ3v) is 17.9. The number of likely N-dealkylation sites (tertiary alicyclic amines) is 1. The maximum atomic E-state index is 14.2. The topological polar surface area (TPSA) is 247 Å². The molecule has 0 bridgehead atoms. The van der Waals surface area contributed by atoms with Crippen LogP contribution in [0.15, 0.2) is 72.8 Å². The van der Waals surface area contributed by atoms with E-state index in [0.29, 0.717) is 29.9 Å². The molecule has 8 rings (SSSR count). The second kappa shape index (κ2) is 22.6. The van der Waals surface area contributed by atoms with E-state index in [1.807, 2.05) is 87.1 Å². The summed E-state index contributed by atoms with van der Waals surface area (Å²) in [5.74, 6) is -2.28. The molecule has 1 saturated carbocycles. The van der Waals surface area contributed by atoms with Crippen molar-refractivity contribution < 1.29 is 42.3 Å². The van der Waals surface area contributed by atoms with Gasteiger partial charge in [0.15, 0.2) is 0 Å². The zero-order valence-electron chi connectivity index (χ0n) is 41.3. The Morgan fingerprint density at radius 2 is 1.50 bits per heavy atom. The lowest BCUT2D eigenvalue weighted by Crippen LogP contribution is -2.58. The van der Waals surface area contributed by atoms with Gasteiger partial charge in [-0.15, -0.1) is 23.5 Å². The molecule has 5 fully saturated rings. The fourth-order valence-electron chi connectivity index (χ4n) is 9.80. The van der Waals surface area contributed by atoms with Crippen molar-refractivity contribution in [2.75, 3.05) is 44.1 Å². The number of thioether (sulfide) groups is 2. The maximum absolute atomic E-state index is 14.2. The Hall–Kier alpha value is -5.03. The average molecular weight is 1050 g/mol. The monoisotopic (exact) mass is 1050 g/mol. The van der Waals surface area contributed by atoms with Crippen molar-refractivity contribution in [3.63, 3.8) is 0 Å². The summed E-state index contributed by atoms with van der Waals surface area (Å²) in [6.07, 6.45) is 1.04.